The van der Waals surface area contributed by atoms with Gasteiger partial charge in [0.05, 0.1) is 26.4 Å². The summed E-state index contributed by atoms with van der Waals surface area (Å²) in [6.07, 6.45) is 0. The molecule has 7 nitrogen and oxygen atoms in total. The fraction of sp³-hybridized carbons (Fsp3) is 0.944. The number of hydrogen-bond donors (Lipinski definition) is 2. The van der Waals surface area contributed by atoms with Crippen molar-refractivity contribution in [3.05, 3.63) is 0 Å². The second-order valence-corrected chi connectivity index (χ2v) is 7.12. The van der Waals surface area contributed by atoms with Crippen LogP contribution in [0.15, 0.2) is 4.99 Å². The first-order chi connectivity index (χ1) is 12.2. The maximum Gasteiger partial charge on any atom is 0.191 e. The zero-order chi connectivity index (χ0) is 17.9. The summed E-state index contributed by atoms with van der Waals surface area (Å²) < 4.78 is 10.8. The van der Waals surface area contributed by atoms with Crippen LogP contribution >= 0.6 is 24.0 Å². The Kier molecular flexibility index (Phi) is 12.8. The first-order valence-corrected chi connectivity index (χ1v) is 9.83. The highest BCUT2D eigenvalue weighted by molar-refractivity contribution is 14.0. The molecule has 2 atom stereocenters. The Morgan fingerprint density at radius 2 is 1.62 bits per heavy atom. The predicted octanol–water partition coefficient (Wildman–Crippen LogP) is 0.849. The van der Waals surface area contributed by atoms with Gasteiger partial charge in [-0.15, -0.1) is 24.0 Å². The number of halogens is 1. The topological polar surface area (TPSA) is 61.4 Å². The molecule has 2 aliphatic rings. The van der Waals surface area contributed by atoms with E-state index in [0.717, 1.165) is 84.7 Å². The molecule has 0 aromatic heterocycles. The molecular formula is C18H38IN5O2. The van der Waals surface area contributed by atoms with Crippen LogP contribution in [0.4, 0.5) is 0 Å². The van der Waals surface area contributed by atoms with Gasteiger partial charge in [0.25, 0.3) is 0 Å². The van der Waals surface area contributed by atoms with E-state index in [0.29, 0.717) is 12.0 Å². The zero-order valence-electron chi connectivity index (χ0n) is 16.7. The third-order valence-corrected chi connectivity index (χ3v) is 4.81. The highest BCUT2D eigenvalue weighted by atomic mass is 127. The van der Waals surface area contributed by atoms with Gasteiger partial charge in [-0.2, -0.15) is 0 Å². The minimum absolute atomic E-state index is 0. The maximum atomic E-state index is 5.43. The van der Waals surface area contributed by atoms with Crippen molar-refractivity contribution in [2.75, 3.05) is 78.8 Å². The number of ether oxygens (including phenoxy) is 2. The van der Waals surface area contributed by atoms with Crippen molar-refractivity contribution in [3.63, 3.8) is 0 Å². The Hall–Kier alpha value is -0.160. The van der Waals surface area contributed by atoms with Crippen LogP contribution in [0.2, 0.25) is 0 Å². The Morgan fingerprint density at radius 1 is 1.00 bits per heavy atom. The van der Waals surface area contributed by atoms with Crippen molar-refractivity contribution in [2.24, 2.45) is 10.9 Å². The van der Waals surface area contributed by atoms with Crippen LogP contribution in [0.1, 0.15) is 20.8 Å². The van der Waals surface area contributed by atoms with E-state index in [1.54, 1.807) is 0 Å². The standard InChI is InChI=1S/C18H37N5O2.HI/c1-4-19-18(21-14-17(3)23-7-11-25-12-8-23)20-13-16(2)15-22-5-9-24-10-6-22;/h16-17H,4-15H2,1-3H3,(H2,19,20,21);1H. The Labute approximate surface area is 176 Å². The third kappa shape index (κ3) is 9.16. The molecule has 0 aromatic rings. The first kappa shape index (κ1) is 23.9. The minimum atomic E-state index is 0. The van der Waals surface area contributed by atoms with Gasteiger partial charge in [0.15, 0.2) is 5.96 Å². The molecular weight excluding hydrogens is 445 g/mol. The first-order valence-electron chi connectivity index (χ1n) is 9.83. The van der Waals surface area contributed by atoms with E-state index < -0.39 is 0 Å². The summed E-state index contributed by atoms with van der Waals surface area (Å²) in [4.78, 5) is 9.74. The van der Waals surface area contributed by atoms with Crippen LogP contribution in [0, 0.1) is 5.92 Å². The van der Waals surface area contributed by atoms with E-state index in [2.05, 4.69) is 41.2 Å². The second-order valence-electron chi connectivity index (χ2n) is 7.12. The molecule has 0 aromatic carbocycles. The summed E-state index contributed by atoms with van der Waals surface area (Å²) in [6, 6.07) is 0.485. The van der Waals surface area contributed by atoms with Crippen LogP contribution in [0.5, 0.6) is 0 Å². The zero-order valence-corrected chi connectivity index (χ0v) is 19.0. The SMILES string of the molecule is CCNC(=NCC(C)CN1CCOCC1)NCC(C)N1CCOCC1.I. The molecule has 0 aliphatic carbocycles. The van der Waals surface area contributed by atoms with Crippen molar-refractivity contribution in [1.82, 2.24) is 20.4 Å². The molecule has 2 rings (SSSR count). The lowest BCUT2D eigenvalue weighted by atomic mass is 10.1. The molecule has 2 heterocycles. The average Bonchev–Trinajstić information content (AvgIpc) is 2.65. The van der Waals surface area contributed by atoms with Crippen LogP contribution in [-0.4, -0.2) is 101 Å². The van der Waals surface area contributed by atoms with E-state index >= 15 is 0 Å². The van der Waals surface area contributed by atoms with E-state index in [-0.39, 0.29) is 24.0 Å². The molecule has 2 aliphatic heterocycles. The lowest BCUT2D eigenvalue weighted by Crippen LogP contribution is -2.49. The van der Waals surface area contributed by atoms with Gasteiger partial charge in [0.1, 0.15) is 0 Å². The number of rotatable bonds is 8. The number of morpholine rings is 2. The van der Waals surface area contributed by atoms with Gasteiger partial charge in [-0.05, 0) is 19.8 Å². The normalized spacial score (nSPS) is 22.3. The number of nitrogens with zero attached hydrogens (tertiary/aromatic N) is 3. The highest BCUT2D eigenvalue weighted by Crippen LogP contribution is 2.04. The lowest BCUT2D eigenvalue weighted by Gasteiger charge is -2.32. The van der Waals surface area contributed by atoms with Crippen molar-refractivity contribution >= 4 is 29.9 Å². The number of guanidine groups is 1. The molecule has 2 fully saturated rings. The average molecular weight is 483 g/mol. The van der Waals surface area contributed by atoms with Crippen molar-refractivity contribution in [1.29, 1.82) is 0 Å². The van der Waals surface area contributed by atoms with Gasteiger partial charge < -0.3 is 20.1 Å². The fourth-order valence-electron chi connectivity index (χ4n) is 3.26. The Morgan fingerprint density at radius 3 is 2.23 bits per heavy atom. The largest absolute Gasteiger partial charge is 0.379 e. The highest BCUT2D eigenvalue weighted by Gasteiger charge is 2.17. The second kappa shape index (κ2) is 13.9. The third-order valence-electron chi connectivity index (χ3n) is 4.81. The Balaban J connectivity index is 0.00000338. The van der Waals surface area contributed by atoms with Gasteiger partial charge in [-0.25, -0.2) is 0 Å². The predicted molar refractivity (Wildman–Crippen MR) is 118 cm³/mol. The molecule has 154 valence electrons. The van der Waals surface area contributed by atoms with E-state index in [1.165, 1.54) is 0 Å². The molecule has 2 N–H and O–H groups in total. The molecule has 8 heteroatoms. The Bertz CT molecular complexity index is 388. The number of nitrogens with one attached hydrogen (secondary N) is 2. The van der Waals surface area contributed by atoms with Crippen molar-refractivity contribution < 1.29 is 9.47 Å². The van der Waals surface area contributed by atoms with Crippen LogP contribution in [0.25, 0.3) is 0 Å². The molecule has 26 heavy (non-hydrogen) atoms. The van der Waals surface area contributed by atoms with E-state index in [9.17, 15) is 0 Å². The summed E-state index contributed by atoms with van der Waals surface area (Å²) >= 11 is 0. The molecule has 2 saturated heterocycles. The molecule has 0 amide bonds. The van der Waals surface area contributed by atoms with Gasteiger partial charge >= 0.3 is 0 Å². The van der Waals surface area contributed by atoms with Crippen molar-refractivity contribution in [3.8, 4) is 0 Å². The van der Waals surface area contributed by atoms with Crippen LogP contribution in [0.3, 0.4) is 0 Å². The molecule has 2 unspecified atom stereocenters. The molecule has 0 saturated carbocycles. The van der Waals surface area contributed by atoms with E-state index in [4.69, 9.17) is 14.5 Å². The lowest BCUT2D eigenvalue weighted by molar-refractivity contribution is 0.0211. The van der Waals surface area contributed by atoms with Gasteiger partial charge in [0, 0.05) is 58.4 Å². The fourth-order valence-corrected chi connectivity index (χ4v) is 3.26. The number of hydrogen-bond acceptors (Lipinski definition) is 5. The molecule has 0 radical (unpaired) electrons. The van der Waals surface area contributed by atoms with E-state index in [1.807, 2.05) is 0 Å². The van der Waals surface area contributed by atoms with Crippen LogP contribution in [-0.2, 0) is 9.47 Å². The maximum absolute atomic E-state index is 5.43. The molecule has 0 spiro atoms. The molecule has 0 bridgehead atoms. The summed E-state index contributed by atoms with van der Waals surface area (Å²) in [5.41, 5.74) is 0. The van der Waals surface area contributed by atoms with Crippen LogP contribution < -0.4 is 10.6 Å². The quantitative estimate of drug-likeness (QED) is 0.303. The minimum Gasteiger partial charge on any atom is -0.379 e. The van der Waals surface area contributed by atoms with Gasteiger partial charge in [0.2, 0.25) is 0 Å². The summed E-state index contributed by atoms with van der Waals surface area (Å²) in [5.74, 6) is 1.47. The van der Waals surface area contributed by atoms with Crippen molar-refractivity contribution in [2.45, 2.75) is 26.8 Å². The summed E-state index contributed by atoms with van der Waals surface area (Å²) in [6.45, 7) is 17.9. The van der Waals surface area contributed by atoms with Gasteiger partial charge in [-0.1, -0.05) is 6.92 Å². The monoisotopic (exact) mass is 483 g/mol. The number of aliphatic imine (C=N–C) groups is 1. The summed E-state index contributed by atoms with van der Waals surface area (Å²) in [7, 11) is 0. The smallest absolute Gasteiger partial charge is 0.191 e. The van der Waals surface area contributed by atoms with Gasteiger partial charge in [-0.3, -0.25) is 14.8 Å². The summed E-state index contributed by atoms with van der Waals surface area (Å²) in [5, 5.41) is 6.86.